The van der Waals surface area contributed by atoms with Crippen molar-refractivity contribution in [3.05, 3.63) is 48.0 Å². The second kappa shape index (κ2) is 10.0. The summed E-state index contributed by atoms with van der Waals surface area (Å²) in [5.74, 6) is 0.588. The molecular weight excluding hydrogens is 380 g/mol. The van der Waals surface area contributed by atoms with Crippen molar-refractivity contribution in [2.75, 3.05) is 55.0 Å². The van der Waals surface area contributed by atoms with Gasteiger partial charge < -0.3 is 25.2 Å². The van der Waals surface area contributed by atoms with Gasteiger partial charge >= 0.3 is 0 Å². The first-order chi connectivity index (χ1) is 14.5. The number of nitrogens with one attached hydrogen (secondary N) is 2. The van der Waals surface area contributed by atoms with E-state index in [1.807, 2.05) is 37.3 Å². The zero-order valence-corrected chi connectivity index (χ0v) is 17.9. The van der Waals surface area contributed by atoms with E-state index in [2.05, 4.69) is 26.5 Å². The summed E-state index contributed by atoms with van der Waals surface area (Å²) in [7, 11) is 1.69. The van der Waals surface area contributed by atoms with Crippen molar-refractivity contribution in [1.82, 2.24) is 5.32 Å². The van der Waals surface area contributed by atoms with Crippen molar-refractivity contribution in [2.24, 2.45) is 0 Å². The van der Waals surface area contributed by atoms with Gasteiger partial charge in [0.05, 0.1) is 18.4 Å². The second-order valence-corrected chi connectivity index (χ2v) is 7.31. The van der Waals surface area contributed by atoms with E-state index >= 15 is 0 Å². The van der Waals surface area contributed by atoms with Crippen molar-refractivity contribution in [2.45, 2.75) is 20.3 Å². The molecule has 0 bridgehead atoms. The predicted molar refractivity (Wildman–Crippen MR) is 121 cm³/mol. The first kappa shape index (κ1) is 21.5. The summed E-state index contributed by atoms with van der Waals surface area (Å²) in [6.45, 7) is 7.31. The average molecular weight is 411 g/mol. The van der Waals surface area contributed by atoms with Crippen LogP contribution in [0.15, 0.2) is 42.5 Å². The quantitative estimate of drug-likeness (QED) is 0.734. The maximum Gasteiger partial charge on any atom is 0.253 e. The van der Waals surface area contributed by atoms with Gasteiger partial charge in [0.25, 0.3) is 5.91 Å². The number of para-hydroxylation sites is 2. The lowest BCUT2D eigenvalue weighted by atomic mass is 10.1. The van der Waals surface area contributed by atoms with E-state index in [1.165, 1.54) is 6.92 Å². The molecule has 1 saturated heterocycles. The number of methoxy groups -OCH3 is 1. The molecule has 1 fully saturated rings. The van der Waals surface area contributed by atoms with E-state index in [0.717, 1.165) is 49.7 Å². The van der Waals surface area contributed by atoms with Crippen LogP contribution in [0.4, 0.5) is 17.1 Å². The molecule has 1 aliphatic heterocycles. The van der Waals surface area contributed by atoms with Gasteiger partial charge in [0, 0.05) is 51.0 Å². The smallest absolute Gasteiger partial charge is 0.253 e. The van der Waals surface area contributed by atoms with E-state index in [4.69, 9.17) is 4.74 Å². The fourth-order valence-corrected chi connectivity index (χ4v) is 3.69. The highest BCUT2D eigenvalue weighted by atomic mass is 16.5. The SMILES string of the molecule is CCCNC(=O)c1cc(NC(C)=O)ccc1N1CCN(c2ccccc2OC)CC1. The maximum absolute atomic E-state index is 12.8. The van der Waals surface area contributed by atoms with E-state index in [0.29, 0.717) is 17.8 Å². The summed E-state index contributed by atoms with van der Waals surface area (Å²) in [5, 5.41) is 5.72. The summed E-state index contributed by atoms with van der Waals surface area (Å²) in [4.78, 5) is 28.8. The molecular formula is C23H30N4O3. The molecule has 1 heterocycles. The lowest BCUT2D eigenvalue weighted by Gasteiger charge is -2.38. The number of hydrogen-bond donors (Lipinski definition) is 2. The topological polar surface area (TPSA) is 73.9 Å². The molecule has 0 unspecified atom stereocenters. The Kier molecular flexibility index (Phi) is 7.17. The number of anilines is 3. The van der Waals surface area contributed by atoms with Crippen LogP contribution in [0.1, 0.15) is 30.6 Å². The third-order valence-electron chi connectivity index (χ3n) is 5.14. The van der Waals surface area contributed by atoms with Crippen molar-refractivity contribution >= 4 is 28.9 Å². The lowest BCUT2D eigenvalue weighted by Crippen LogP contribution is -2.47. The van der Waals surface area contributed by atoms with Crippen LogP contribution < -0.4 is 25.2 Å². The summed E-state index contributed by atoms with van der Waals surface area (Å²) < 4.78 is 5.50. The second-order valence-electron chi connectivity index (χ2n) is 7.31. The zero-order valence-electron chi connectivity index (χ0n) is 17.9. The van der Waals surface area contributed by atoms with Gasteiger partial charge in [-0.3, -0.25) is 9.59 Å². The van der Waals surface area contributed by atoms with Gasteiger partial charge in [0.2, 0.25) is 5.91 Å². The standard InChI is InChI=1S/C23H30N4O3/c1-4-11-24-23(29)19-16-18(25-17(2)28)9-10-20(19)26-12-14-27(15-13-26)21-7-5-6-8-22(21)30-3/h5-10,16H,4,11-15H2,1-3H3,(H,24,29)(H,25,28). The van der Waals surface area contributed by atoms with Crippen LogP contribution in [-0.4, -0.2) is 51.6 Å². The predicted octanol–water partition coefficient (Wildman–Crippen LogP) is 3.12. The van der Waals surface area contributed by atoms with Gasteiger partial charge in [0.1, 0.15) is 5.75 Å². The molecule has 2 aromatic rings. The minimum absolute atomic E-state index is 0.119. The molecule has 160 valence electrons. The number of amides is 2. The number of nitrogens with zero attached hydrogens (tertiary/aromatic N) is 2. The Hall–Kier alpha value is -3.22. The number of carbonyl (C=O) groups excluding carboxylic acids is 2. The van der Waals surface area contributed by atoms with Crippen LogP contribution in [-0.2, 0) is 4.79 Å². The van der Waals surface area contributed by atoms with Crippen LogP contribution >= 0.6 is 0 Å². The molecule has 2 N–H and O–H groups in total. The third-order valence-corrected chi connectivity index (χ3v) is 5.14. The van der Waals surface area contributed by atoms with Gasteiger partial charge in [-0.05, 0) is 36.8 Å². The molecule has 30 heavy (non-hydrogen) atoms. The molecule has 7 nitrogen and oxygen atoms in total. The highest BCUT2D eigenvalue weighted by Crippen LogP contribution is 2.31. The Balaban J connectivity index is 1.79. The van der Waals surface area contributed by atoms with Crippen molar-refractivity contribution < 1.29 is 14.3 Å². The van der Waals surface area contributed by atoms with E-state index < -0.39 is 0 Å². The Morgan fingerprint density at radius 3 is 2.30 bits per heavy atom. The van der Waals surface area contributed by atoms with E-state index in [-0.39, 0.29) is 11.8 Å². The van der Waals surface area contributed by atoms with Crippen LogP contribution in [0.5, 0.6) is 5.75 Å². The molecule has 0 aromatic heterocycles. The van der Waals surface area contributed by atoms with Crippen molar-refractivity contribution in [3.8, 4) is 5.75 Å². The van der Waals surface area contributed by atoms with Crippen LogP contribution in [0.25, 0.3) is 0 Å². The fraction of sp³-hybridized carbons (Fsp3) is 0.391. The van der Waals surface area contributed by atoms with Crippen LogP contribution in [0, 0.1) is 0 Å². The number of hydrogen-bond acceptors (Lipinski definition) is 5. The minimum atomic E-state index is -0.159. The number of carbonyl (C=O) groups is 2. The minimum Gasteiger partial charge on any atom is -0.495 e. The Labute approximate surface area is 178 Å². The van der Waals surface area contributed by atoms with Gasteiger partial charge in [-0.1, -0.05) is 19.1 Å². The average Bonchev–Trinajstić information content (AvgIpc) is 2.77. The molecule has 0 aliphatic carbocycles. The van der Waals surface area contributed by atoms with Gasteiger partial charge in [0.15, 0.2) is 0 Å². The fourth-order valence-electron chi connectivity index (χ4n) is 3.69. The number of ether oxygens (including phenoxy) is 1. The molecule has 2 amide bonds. The Bertz CT molecular complexity index is 892. The Morgan fingerprint density at radius 1 is 1.00 bits per heavy atom. The van der Waals surface area contributed by atoms with E-state index in [1.54, 1.807) is 13.2 Å². The third kappa shape index (κ3) is 5.03. The van der Waals surface area contributed by atoms with Crippen molar-refractivity contribution in [1.29, 1.82) is 0 Å². The highest BCUT2D eigenvalue weighted by molar-refractivity contribution is 6.02. The lowest BCUT2D eigenvalue weighted by molar-refractivity contribution is -0.114. The largest absolute Gasteiger partial charge is 0.495 e. The van der Waals surface area contributed by atoms with Gasteiger partial charge in [-0.15, -0.1) is 0 Å². The maximum atomic E-state index is 12.8. The first-order valence-corrected chi connectivity index (χ1v) is 10.4. The van der Waals surface area contributed by atoms with E-state index in [9.17, 15) is 9.59 Å². The number of benzene rings is 2. The molecule has 0 saturated carbocycles. The molecule has 0 radical (unpaired) electrons. The summed E-state index contributed by atoms with van der Waals surface area (Å²) in [5.41, 5.74) is 3.18. The molecule has 3 rings (SSSR count). The molecule has 1 aliphatic rings. The summed E-state index contributed by atoms with van der Waals surface area (Å²) in [6, 6.07) is 13.6. The Morgan fingerprint density at radius 2 is 1.67 bits per heavy atom. The van der Waals surface area contributed by atoms with Crippen LogP contribution in [0.3, 0.4) is 0 Å². The molecule has 7 heteroatoms. The zero-order chi connectivity index (χ0) is 21.5. The number of piperazine rings is 1. The highest BCUT2D eigenvalue weighted by Gasteiger charge is 2.23. The van der Waals surface area contributed by atoms with Gasteiger partial charge in [-0.25, -0.2) is 0 Å². The molecule has 0 spiro atoms. The first-order valence-electron chi connectivity index (χ1n) is 10.4. The molecule has 0 atom stereocenters. The summed E-state index contributed by atoms with van der Waals surface area (Å²) >= 11 is 0. The summed E-state index contributed by atoms with van der Waals surface area (Å²) in [6.07, 6.45) is 0.865. The number of rotatable bonds is 7. The normalized spacial score (nSPS) is 13.7. The monoisotopic (exact) mass is 410 g/mol. The molecule has 2 aromatic carbocycles. The van der Waals surface area contributed by atoms with Crippen LogP contribution in [0.2, 0.25) is 0 Å². The van der Waals surface area contributed by atoms with Gasteiger partial charge in [-0.2, -0.15) is 0 Å². The van der Waals surface area contributed by atoms with Crippen molar-refractivity contribution in [3.63, 3.8) is 0 Å².